The van der Waals surface area contributed by atoms with Gasteiger partial charge in [0.05, 0.1) is 6.04 Å². The molecule has 74 valence electrons. The molecule has 0 aromatic carbocycles. The Labute approximate surface area is 87.6 Å². The number of pyridine rings is 1. The Kier molecular flexibility index (Phi) is 1.80. The van der Waals surface area contributed by atoms with Crippen molar-refractivity contribution >= 4 is 17.4 Å². The fourth-order valence-corrected chi connectivity index (χ4v) is 2.35. The standard InChI is InChI=1S/C10H11ClN2O/c11-9-4-3-8-10(12-9)13-5-1-2-7(13)6-14-8/h3-4,7H,1-2,5-6H2. The molecular weight excluding hydrogens is 200 g/mol. The zero-order chi connectivity index (χ0) is 9.54. The van der Waals surface area contributed by atoms with Gasteiger partial charge >= 0.3 is 0 Å². The number of halogens is 1. The number of ether oxygens (including phenoxy) is 1. The van der Waals surface area contributed by atoms with Crippen molar-refractivity contribution in [2.75, 3.05) is 18.1 Å². The maximum absolute atomic E-state index is 5.87. The topological polar surface area (TPSA) is 25.4 Å². The normalized spacial score (nSPS) is 24.1. The molecule has 1 aromatic rings. The van der Waals surface area contributed by atoms with Crippen molar-refractivity contribution in [1.82, 2.24) is 4.98 Å². The van der Waals surface area contributed by atoms with Crippen LogP contribution in [0.5, 0.6) is 5.75 Å². The Morgan fingerprint density at radius 1 is 1.50 bits per heavy atom. The summed E-state index contributed by atoms with van der Waals surface area (Å²) in [6, 6.07) is 4.18. The molecule has 1 fully saturated rings. The maximum atomic E-state index is 5.87. The van der Waals surface area contributed by atoms with Crippen LogP contribution >= 0.6 is 11.6 Å². The van der Waals surface area contributed by atoms with E-state index in [1.54, 1.807) is 6.07 Å². The van der Waals surface area contributed by atoms with Crippen LogP contribution in [0.3, 0.4) is 0 Å². The minimum atomic E-state index is 0.508. The lowest BCUT2D eigenvalue weighted by Gasteiger charge is -2.32. The van der Waals surface area contributed by atoms with E-state index in [9.17, 15) is 0 Å². The molecule has 4 heteroatoms. The lowest BCUT2D eigenvalue weighted by atomic mass is 10.2. The van der Waals surface area contributed by atoms with Crippen molar-refractivity contribution in [2.24, 2.45) is 0 Å². The third kappa shape index (κ3) is 1.16. The summed E-state index contributed by atoms with van der Waals surface area (Å²) in [6.07, 6.45) is 2.43. The van der Waals surface area contributed by atoms with Gasteiger partial charge in [0.15, 0.2) is 11.6 Å². The van der Waals surface area contributed by atoms with Gasteiger partial charge in [0.25, 0.3) is 0 Å². The van der Waals surface area contributed by atoms with Gasteiger partial charge in [-0.1, -0.05) is 11.6 Å². The van der Waals surface area contributed by atoms with E-state index in [2.05, 4.69) is 9.88 Å². The monoisotopic (exact) mass is 210 g/mol. The molecule has 2 aliphatic heterocycles. The van der Waals surface area contributed by atoms with Crippen molar-refractivity contribution in [1.29, 1.82) is 0 Å². The van der Waals surface area contributed by atoms with Crippen LogP contribution in [0.25, 0.3) is 0 Å². The maximum Gasteiger partial charge on any atom is 0.173 e. The molecular formula is C10H11ClN2O. The fourth-order valence-electron chi connectivity index (χ4n) is 2.20. The fraction of sp³-hybridized carbons (Fsp3) is 0.500. The van der Waals surface area contributed by atoms with Crippen molar-refractivity contribution in [3.63, 3.8) is 0 Å². The van der Waals surface area contributed by atoms with E-state index in [0.29, 0.717) is 11.2 Å². The zero-order valence-corrected chi connectivity index (χ0v) is 8.50. The highest BCUT2D eigenvalue weighted by Crippen LogP contribution is 2.36. The van der Waals surface area contributed by atoms with Crippen LogP contribution in [0, 0.1) is 0 Å². The molecule has 0 aliphatic carbocycles. The molecule has 0 bridgehead atoms. The number of aromatic nitrogens is 1. The Hall–Kier alpha value is -0.960. The predicted octanol–water partition coefficient (Wildman–Crippen LogP) is 2.10. The van der Waals surface area contributed by atoms with Gasteiger partial charge in [-0.15, -0.1) is 0 Å². The summed E-state index contributed by atoms with van der Waals surface area (Å²) in [4.78, 5) is 6.63. The van der Waals surface area contributed by atoms with Gasteiger partial charge in [-0.3, -0.25) is 0 Å². The van der Waals surface area contributed by atoms with E-state index in [1.165, 1.54) is 12.8 Å². The predicted molar refractivity (Wildman–Crippen MR) is 55.1 cm³/mol. The molecule has 3 heterocycles. The van der Waals surface area contributed by atoms with E-state index >= 15 is 0 Å². The van der Waals surface area contributed by atoms with Gasteiger partial charge in [-0.2, -0.15) is 0 Å². The molecule has 1 atom stereocenters. The molecule has 0 spiro atoms. The van der Waals surface area contributed by atoms with Gasteiger partial charge < -0.3 is 9.64 Å². The van der Waals surface area contributed by atoms with Crippen LogP contribution in [0.1, 0.15) is 12.8 Å². The van der Waals surface area contributed by atoms with Crippen LogP contribution in [0.2, 0.25) is 5.15 Å². The third-order valence-corrected chi connectivity index (χ3v) is 3.10. The molecule has 1 unspecified atom stereocenters. The molecule has 0 radical (unpaired) electrons. The van der Waals surface area contributed by atoms with Crippen molar-refractivity contribution < 1.29 is 4.74 Å². The van der Waals surface area contributed by atoms with Gasteiger partial charge in [-0.25, -0.2) is 4.98 Å². The summed E-state index contributed by atoms with van der Waals surface area (Å²) in [6.45, 7) is 1.87. The van der Waals surface area contributed by atoms with E-state index in [1.807, 2.05) is 6.07 Å². The van der Waals surface area contributed by atoms with Crippen LogP contribution in [0.15, 0.2) is 12.1 Å². The number of fused-ring (bicyclic) bond motifs is 3. The van der Waals surface area contributed by atoms with Gasteiger partial charge in [-0.05, 0) is 25.0 Å². The number of nitrogens with zero attached hydrogens (tertiary/aromatic N) is 2. The highest BCUT2D eigenvalue weighted by molar-refractivity contribution is 6.29. The number of hydrogen-bond acceptors (Lipinski definition) is 3. The minimum Gasteiger partial charge on any atom is -0.488 e. The summed E-state index contributed by atoms with van der Waals surface area (Å²) in [5.41, 5.74) is 0. The summed E-state index contributed by atoms with van der Waals surface area (Å²) in [7, 11) is 0. The molecule has 2 aliphatic rings. The summed E-state index contributed by atoms with van der Waals surface area (Å²) in [5.74, 6) is 1.79. The first-order chi connectivity index (χ1) is 6.84. The Morgan fingerprint density at radius 2 is 2.43 bits per heavy atom. The molecule has 14 heavy (non-hydrogen) atoms. The van der Waals surface area contributed by atoms with Crippen LogP contribution in [0.4, 0.5) is 5.82 Å². The first-order valence-corrected chi connectivity index (χ1v) is 5.28. The quantitative estimate of drug-likeness (QED) is 0.614. The largest absolute Gasteiger partial charge is 0.488 e. The first-order valence-electron chi connectivity index (χ1n) is 4.90. The molecule has 3 rings (SSSR count). The van der Waals surface area contributed by atoms with E-state index in [0.717, 1.165) is 24.7 Å². The zero-order valence-electron chi connectivity index (χ0n) is 7.74. The second kappa shape index (κ2) is 3.02. The molecule has 1 saturated heterocycles. The van der Waals surface area contributed by atoms with Gasteiger partial charge in [0, 0.05) is 6.54 Å². The number of hydrogen-bond donors (Lipinski definition) is 0. The Morgan fingerprint density at radius 3 is 3.36 bits per heavy atom. The van der Waals surface area contributed by atoms with Gasteiger partial charge in [0.2, 0.25) is 0 Å². The van der Waals surface area contributed by atoms with Crippen LogP contribution in [-0.2, 0) is 0 Å². The molecule has 0 amide bonds. The smallest absolute Gasteiger partial charge is 0.173 e. The van der Waals surface area contributed by atoms with Crippen molar-refractivity contribution in [3.05, 3.63) is 17.3 Å². The van der Waals surface area contributed by atoms with Crippen LogP contribution in [-0.4, -0.2) is 24.2 Å². The van der Waals surface area contributed by atoms with E-state index in [-0.39, 0.29) is 0 Å². The highest BCUT2D eigenvalue weighted by atomic mass is 35.5. The van der Waals surface area contributed by atoms with E-state index in [4.69, 9.17) is 16.3 Å². The summed E-state index contributed by atoms with van der Waals surface area (Å²) < 4.78 is 5.63. The third-order valence-electron chi connectivity index (χ3n) is 2.89. The highest BCUT2D eigenvalue weighted by Gasteiger charge is 2.32. The average Bonchev–Trinajstić information content (AvgIpc) is 2.65. The number of rotatable bonds is 0. The minimum absolute atomic E-state index is 0.508. The lowest BCUT2D eigenvalue weighted by Crippen LogP contribution is -2.38. The van der Waals surface area contributed by atoms with Crippen molar-refractivity contribution in [2.45, 2.75) is 18.9 Å². The molecule has 0 N–H and O–H groups in total. The Bertz CT molecular complexity index is 369. The summed E-state index contributed by atoms with van der Waals surface area (Å²) >= 11 is 5.87. The van der Waals surface area contributed by atoms with Crippen LogP contribution < -0.4 is 9.64 Å². The second-order valence-corrected chi connectivity index (χ2v) is 4.14. The second-order valence-electron chi connectivity index (χ2n) is 3.76. The SMILES string of the molecule is Clc1ccc2c(n1)N1CCCC1CO2. The Balaban J connectivity index is 2.07. The number of anilines is 1. The molecule has 3 nitrogen and oxygen atoms in total. The summed E-state index contributed by atoms with van der Waals surface area (Å²) in [5, 5.41) is 0.542. The first kappa shape index (κ1) is 8.36. The van der Waals surface area contributed by atoms with E-state index < -0.39 is 0 Å². The average molecular weight is 211 g/mol. The molecule has 0 saturated carbocycles. The lowest BCUT2D eigenvalue weighted by molar-refractivity contribution is 0.270. The van der Waals surface area contributed by atoms with Crippen molar-refractivity contribution in [3.8, 4) is 5.75 Å². The molecule has 1 aromatic heterocycles. The van der Waals surface area contributed by atoms with Gasteiger partial charge in [0.1, 0.15) is 11.8 Å².